The molecule has 7 rings (SSSR count). The second kappa shape index (κ2) is 15.5. The number of imidazole rings is 2. The molecular weight excluding hydrogens is 676 g/mol. The summed E-state index contributed by atoms with van der Waals surface area (Å²) in [6.07, 6.45) is 9.30. The minimum absolute atomic E-state index is 0.295. The van der Waals surface area contributed by atoms with E-state index in [0.717, 1.165) is 84.4 Å². The van der Waals surface area contributed by atoms with Crippen molar-refractivity contribution in [3.05, 3.63) is 81.4 Å². The average molecular weight is 727 g/mol. The van der Waals surface area contributed by atoms with E-state index in [9.17, 15) is 14.7 Å². The van der Waals surface area contributed by atoms with Gasteiger partial charge in [-0.3, -0.25) is 19.4 Å². The summed E-state index contributed by atoms with van der Waals surface area (Å²) in [4.78, 5) is 41.4. The molecule has 12 heteroatoms. The zero-order chi connectivity index (χ0) is 36.5. The highest BCUT2D eigenvalue weighted by atomic mass is 35.5. The Morgan fingerprint density at radius 3 is 2.04 bits per heavy atom. The third-order valence-electron chi connectivity index (χ3n) is 11.3. The summed E-state index contributed by atoms with van der Waals surface area (Å²) in [6, 6.07) is 11.3. The van der Waals surface area contributed by atoms with Gasteiger partial charge in [0, 0.05) is 82.3 Å². The Balaban J connectivity index is 1.04. The molecule has 0 bridgehead atoms. The molecule has 3 N–H and O–H groups in total. The number of hydrogen-bond donors (Lipinski definition) is 3. The number of benzene rings is 2. The number of nitrogens with zero attached hydrogens (tertiary/aromatic N) is 6. The number of nitrogens with one attached hydrogen (secondary N) is 2. The van der Waals surface area contributed by atoms with Gasteiger partial charge >= 0.3 is 0 Å². The summed E-state index contributed by atoms with van der Waals surface area (Å²) in [5.74, 6) is 0.982. The zero-order valence-electron chi connectivity index (χ0n) is 30.8. The monoisotopic (exact) mass is 726 g/mol. The predicted molar refractivity (Wildman–Crippen MR) is 205 cm³/mol. The number of aliphatic hydroxyl groups excluding tert-OH is 1. The van der Waals surface area contributed by atoms with Gasteiger partial charge in [0.25, 0.3) is 11.8 Å². The van der Waals surface area contributed by atoms with Crippen LogP contribution in [0.4, 0.5) is 11.4 Å². The number of rotatable bonds is 10. The van der Waals surface area contributed by atoms with Crippen molar-refractivity contribution in [2.45, 2.75) is 84.4 Å². The summed E-state index contributed by atoms with van der Waals surface area (Å²) in [7, 11) is 3.80. The summed E-state index contributed by atoms with van der Waals surface area (Å²) in [6.45, 7) is 8.55. The Bertz CT molecular complexity index is 1960. The van der Waals surface area contributed by atoms with Crippen LogP contribution in [0.3, 0.4) is 0 Å². The molecule has 1 aliphatic carbocycles. The second-order valence-electron chi connectivity index (χ2n) is 15.0. The molecule has 0 radical (unpaired) electrons. The van der Waals surface area contributed by atoms with E-state index in [4.69, 9.17) is 21.6 Å². The fraction of sp³-hybridized carbons (Fsp3) is 0.500. The van der Waals surface area contributed by atoms with E-state index in [2.05, 4.69) is 20.4 Å². The van der Waals surface area contributed by atoms with Gasteiger partial charge in [0.2, 0.25) is 0 Å². The van der Waals surface area contributed by atoms with Crippen molar-refractivity contribution in [1.82, 2.24) is 28.9 Å². The summed E-state index contributed by atoms with van der Waals surface area (Å²) >= 11 is 7.01. The van der Waals surface area contributed by atoms with E-state index in [1.165, 1.54) is 38.5 Å². The van der Waals surface area contributed by atoms with E-state index in [-0.39, 0.29) is 11.8 Å². The van der Waals surface area contributed by atoms with Gasteiger partial charge in [-0.05, 0) is 56.0 Å². The minimum Gasteiger partial charge on any atom is -0.392 e. The van der Waals surface area contributed by atoms with Crippen LogP contribution in [-0.2, 0) is 40.0 Å². The number of carbonyl (C=O) groups is 2. The van der Waals surface area contributed by atoms with Crippen LogP contribution in [-0.4, -0.2) is 78.1 Å². The van der Waals surface area contributed by atoms with Crippen LogP contribution in [0, 0.1) is 12.8 Å². The van der Waals surface area contributed by atoms with Crippen molar-refractivity contribution in [2.75, 3.05) is 36.8 Å². The second-order valence-corrected chi connectivity index (χ2v) is 15.4. The highest BCUT2D eigenvalue weighted by Gasteiger charge is 2.28. The zero-order valence-corrected chi connectivity index (χ0v) is 31.6. The van der Waals surface area contributed by atoms with Crippen LogP contribution in [0.15, 0.2) is 36.4 Å². The molecule has 276 valence electrons. The first-order chi connectivity index (χ1) is 25.1. The molecule has 0 saturated heterocycles. The molecule has 1 fully saturated rings. The van der Waals surface area contributed by atoms with Gasteiger partial charge in [-0.25, -0.2) is 9.97 Å². The van der Waals surface area contributed by atoms with Gasteiger partial charge in [0.1, 0.15) is 0 Å². The maximum Gasteiger partial charge on any atom is 0.291 e. The standard InChI is InChI=1S/C40H51ClN8O3/c1-25(50)22-49-21-18-35-33(24-49)43-37(47(35)4)39(51)44-30-14-8-12-28(26(30)2)29-13-9-15-31(36(29)41)45-40(52)38-42-32-23-48(20-17-34(32)46(38)3)19-16-27-10-6-5-7-11-27/h8-9,12-15,25,27,50H,5-7,10-11,16-24H2,1-4H3,(H,44,51)(H,45,52)/t25-/m0/s1. The van der Waals surface area contributed by atoms with Gasteiger partial charge in [-0.1, -0.05) is 68.0 Å². The lowest BCUT2D eigenvalue weighted by Crippen LogP contribution is -2.36. The number of anilines is 2. The van der Waals surface area contributed by atoms with Crippen molar-refractivity contribution in [3.63, 3.8) is 0 Å². The third-order valence-corrected chi connectivity index (χ3v) is 11.7. The molecular formula is C40H51ClN8O3. The van der Waals surface area contributed by atoms with E-state index in [1.807, 2.05) is 60.5 Å². The van der Waals surface area contributed by atoms with Gasteiger partial charge in [-0.2, -0.15) is 0 Å². The van der Waals surface area contributed by atoms with Crippen molar-refractivity contribution in [3.8, 4) is 11.1 Å². The first kappa shape index (κ1) is 36.3. The Kier molecular flexibility index (Phi) is 10.8. The molecule has 11 nitrogen and oxygen atoms in total. The molecule has 2 aliphatic heterocycles. The Hall–Kier alpha value is -4.03. The first-order valence-electron chi connectivity index (χ1n) is 18.8. The fourth-order valence-corrected chi connectivity index (χ4v) is 8.66. The van der Waals surface area contributed by atoms with Gasteiger partial charge in [0.15, 0.2) is 11.6 Å². The maximum atomic E-state index is 13.7. The van der Waals surface area contributed by atoms with E-state index >= 15 is 0 Å². The molecule has 4 heterocycles. The predicted octanol–water partition coefficient (Wildman–Crippen LogP) is 6.35. The summed E-state index contributed by atoms with van der Waals surface area (Å²) < 4.78 is 3.81. The average Bonchev–Trinajstić information content (AvgIpc) is 3.64. The van der Waals surface area contributed by atoms with Crippen LogP contribution < -0.4 is 10.6 Å². The molecule has 4 aromatic rings. The van der Waals surface area contributed by atoms with E-state index in [1.54, 1.807) is 13.0 Å². The number of carbonyl (C=O) groups excluding carboxylic acids is 2. The van der Waals surface area contributed by atoms with E-state index < -0.39 is 6.10 Å². The number of aliphatic hydroxyl groups is 1. The smallest absolute Gasteiger partial charge is 0.291 e. The molecule has 3 aliphatic rings. The molecule has 2 aromatic carbocycles. The number of hydrogen-bond acceptors (Lipinski definition) is 7. The van der Waals surface area contributed by atoms with Crippen LogP contribution in [0.5, 0.6) is 0 Å². The highest BCUT2D eigenvalue weighted by Crippen LogP contribution is 2.38. The minimum atomic E-state index is -0.424. The third kappa shape index (κ3) is 7.55. The molecule has 1 saturated carbocycles. The molecule has 0 spiro atoms. The summed E-state index contributed by atoms with van der Waals surface area (Å²) in [5.41, 5.74) is 7.59. The molecule has 2 amide bonds. The fourth-order valence-electron chi connectivity index (χ4n) is 8.39. The Labute approximate surface area is 311 Å². The summed E-state index contributed by atoms with van der Waals surface area (Å²) in [5, 5.41) is 16.4. The van der Waals surface area contributed by atoms with Gasteiger partial charge < -0.3 is 24.9 Å². The number of halogens is 1. The number of fused-ring (bicyclic) bond motifs is 2. The molecule has 1 atom stereocenters. The van der Waals surface area contributed by atoms with Crippen LogP contribution >= 0.6 is 11.6 Å². The first-order valence-corrected chi connectivity index (χ1v) is 19.2. The van der Waals surface area contributed by atoms with E-state index in [0.29, 0.717) is 41.1 Å². The lowest BCUT2D eigenvalue weighted by molar-refractivity contribution is 0.100. The Morgan fingerprint density at radius 2 is 1.40 bits per heavy atom. The lowest BCUT2D eigenvalue weighted by Gasteiger charge is -2.29. The van der Waals surface area contributed by atoms with Crippen molar-refractivity contribution >= 4 is 34.8 Å². The van der Waals surface area contributed by atoms with Gasteiger partial charge in [0.05, 0.1) is 28.2 Å². The van der Waals surface area contributed by atoms with Crippen molar-refractivity contribution in [1.29, 1.82) is 0 Å². The van der Waals surface area contributed by atoms with Crippen LogP contribution in [0.2, 0.25) is 5.02 Å². The molecule has 0 unspecified atom stereocenters. The number of aromatic nitrogens is 4. The van der Waals surface area contributed by atoms with Crippen molar-refractivity contribution < 1.29 is 14.7 Å². The quantitative estimate of drug-likeness (QED) is 0.174. The Morgan fingerprint density at radius 1 is 0.846 bits per heavy atom. The number of amides is 2. The number of β-amino-alcohol motifs (C(OH)–C–C–N with tert-alkyl or cyclic N) is 1. The highest BCUT2D eigenvalue weighted by molar-refractivity contribution is 6.36. The van der Waals surface area contributed by atoms with Crippen LogP contribution in [0.25, 0.3) is 11.1 Å². The maximum absolute atomic E-state index is 13.7. The SMILES string of the molecule is Cc1c(NC(=O)c2nc3c(n2C)CCN(C[C@H](C)O)C3)cccc1-c1cccc(NC(=O)c2nc3c(n2C)CCN(CCC2CCCCC2)C3)c1Cl. The largest absolute Gasteiger partial charge is 0.392 e. The van der Waals surface area contributed by atoms with Gasteiger partial charge in [-0.15, -0.1) is 0 Å². The lowest BCUT2D eigenvalue weighted by atomic mass is 9.87. The normalized spacial score (nSPS) is 17.4. The molecule has 52 heavy (non-hydrogen) atoms. The molecule has 2 aromatic heterocycles. The van der Waals surface area contributed by atoms with Crippen LogP contribution in [0.1, 0.15) is 95.0 Å². The topological polar surface area (TPSA) is 121 Å². The van der Waals surface area contributed by atoms with Crippen molar-refractivity contribution in [2.24, 2.45) is 20.0 Å².